The van der Waals surface area contributed by atoms with Gasteiger partial charge in [-0.3, -0.25) is 9.89 Å². The SMILES string of the molecule is CCc1[nH]nc(C(=O)NCC2CCCOC2)c1N. The van der Waals surface area contributed by atoms with Crippen molar-refractivity contribution in [3.05, 3.63) is 11.4 Å². The largest absolute Gasteiger partial charge is 0.395 e. The minimum absolute atomic E-state index is 0.214. The van der Waals surface area contributed by atoms with Crippen LogP contribution in [0.4, 0.5) is 5.69 Å². The van der Waals surface area contributed by atoms with E-state index in [-0.39, 0.29) is 5.91 Å². The number of hydrogen-bond donors (Lipinski definition) is 3. The number of hydrogen-bond acceptors (Lipinski definition) is 4. The highest BCUT2D eigenvalue weighted by molar-refractivity contribution is 5.97. The average Bonchev–Trinajstić information content (AvgIpc) is 2.78. The Morgan fingerprint density at radius 2 is 2.50 bits per heavy atom. The number of carbonyl (C=O) groups is 1. The second-order valence-corrected chi connectivity index (χ2v) is 4.61. The number of H-pyrrole nitrogens is 1. The van der Waals surface area contributed by atoms with Gasteiger partial charge in [0.05, 0.1) is 18.0 Å². The van der Waals surface area contributed by atoms with Crippen LogP contribution in [0.1, 0.15) is 35.9 Å². The number of nitrogens with zero attached hydrogens (tertiary/aromatic N) is 1. The maximum absolute atomic E-state index is 11.9. The van der Waals surface area contributed by atoms with E-state index in [9.17, 15) is 4.79 Å². The fourth-order valence-corrected chi connectivity index (χ4v) is 2.12. The molecule has 1 fully saturated rings. The Balaban J connectivity index is 1.88. The number of aromatic nitrogens is 2. The lowest BCUT2D eigenvalue weighted by Crippen LogP contribution is -2.33. The third-order valence-electron chi connectivity index (χ3n) is 3.26. The van der Waals surface area contributed by atoms with Gasteiger partial charge in [0.25, 0.3) is 5.91 Å². The van der Waals surface area contributed by atoms with E-state index in [2.05, 4.69) is 15.5 Å². The number of amides is 1. The van der Waals surface area contributed by atoms with Crippen LogP contribution in [0.15, 0.2) is 0 Å². The second kappa shape index (κ2) is 5.86. The van der Waals surface area contributed by atoms with E-state index in [1.54, 1.807) is 0 Å². The molecule has 1 saturated heterocycles. The number of carbonyl (C=O) groups excluding carboxylic acids is 1. The quantitative estimate of drug-likeness (QED) is 0.735. The van der Waals surface area contributed by atoms with Crippen molar-refractivity contribution in [3.8, 4) is 0 Å². The molecule has 0 aromatic carbocycles. The van der Waals surface area contributed by atoms with Crippen molar-refractivity contribution >= 4 is 11.6 Å². The van der Waals surface area contributed by atoms with Gasteiger partial charge in [0.2, 0.25) is 0 Å². The van der Waals surface area contributed by atoms with Gasteiger partial charge in [-0.1, -0.05) is 6.92 Å². The number of ether oxygens (including phenoxy) is 1. The summed E-state index contributed by atoms with van der Waals surface area (Å²) >= 11 is 0. The predicted octanol–water partition coefficient (Wildman–Crippen LogP) is 0.711. The van der Waals surface area contributed by atoms with E-state index < -0.39 is 0 Å². The van der Waals surface area contributed by atoms with Gasteiger partial charge in [-0.25, -0.2) is 0 Å². The highest BCUT2D eigenvalue weighted by Crippen LogP contribution is 2.15. The molecule has 0 saturated carbocycles. The van der Waals surface area contributed by atoms with Crippen molar-refractivity contribution in [1.29, 1.82) is 0 Å². The van der Waals surface area contributed by atoms with Crippen LogP contribution in [0.5, 0.6) is 0 Å². The molecule has 0 spiro atoms. The summed E-state index contributed by atoms with van der Waals surface area (Å²) in [6, 6.07) is 0. The Hall–Kier alpha value is -1.56. The minimum Gasteiger partial charge on any atom is -0.395 e. The first-order chi connectivity index (χ1) is 8.72. The third-order valence-corrected chi connectivity index (χ3v) is 3.26. The van der Waals surface area contributed by atoms with Gasteiger partial charge in [0.15, 0.2) is 5.69 Å². The van der Waals surface area contributed by atoms with Gasteiger partial charge in [0.1, 0.15) is 0 Å². The number of anilines is 1. The first-order valence-electron chi connectivity index (χ1n) is 6.41. The second-order valence-electron chi connectivity index (χ2n) is 4.61. The van der Waals surface area contributed by atoms with Gasteiger partial charge in [-0.05, 0) is 25.2 Å². The van der Waals surface area contributed by atoms with Gasteiger partial charge in [-0.15, -0.1) is 0 Å². The summed E-state index contributed by atoms with van der Waals surface area (Å²) < 4.78 is 5.37. The third kappa shape index (κ3) is 2.81. The molecule has 2 rings (SSSR count). The number of aryl methyl sites for hydroxylation is 1. The summed E-state index contributed by atoms with van der Waals surface area (Å²) in [5.41, 5.74) is 7.40. The van der Waals surface area contributed by atoms with Crippen LogP contribution in [0.2, 0.25) is 0 Å². The maximum Gasteiger partial charge on any atom is 0.273 e. The van der Waals surface area contributed by atoms with Crippen molar-refractivity contribution in [2.75, 3.05) is 25.5 Å². The van der Waals surface area contributed by atoms with Crippen LogP contribution in [0.25, 0.3) is 0 Å². The molecule has 0 radical (unpaired) electrons. The number of nitrogens with two attached hydrogens (primary N) is 1. The molecule has 2 heterocycles. The number of nitrogen functional groups attached to an aromatic ring is 1. The van der Waals surface area contributed by atoms with Crippen molar-refractivity contribution in [1.82, 2.24) is 15.5 Å². The van der Waals surface area contributed by atoms with Gasteiger partial charge in [0, 0.05) is 13.2 Å². The van der Waals surface area contributed by atoms with Crippen molar-refractivity contribution < 1.29 is 9.53 Å². The summed E-state index contributed by atoms with van der Waals surface area (Å²) in [5, 5.41) is 9.60. The van der Waals surface area contributed by atoms with Crippen LogP contribution < -0.4 is 11.1 Å². The van der Waals surface area contributed by atoms with Crippen LogP contribution in [-0.2, 0) is 11.2 Å². The highest BCUT2D eigenvalue weighted by atomic mass is 16.5. The van der Waals surface area contributed by atoms with Crippen LogP contribution in [-0.4, -0.2) is 35.9 Å². The molecule has 1 atom stereocenters. The van der Waals surface area contributed by atoms with Gasteiger partial charge >= 0.3 is 0 Å². The summed E-state index contributed by atoms with van der Waals surface area (Å²) in [4.78, 5) is 11.9. The smallest absolute Gasteiger partial charge is 0.273 e. The molecule has 100 valence electrons. The Labute approximate surface area is 106 Å². The van der Waals surface area contributed by atoms with Crippen molar-refractivity contribution in [2.45, 2.75) is 26.2 Å². The molecule has 4 N–H and O–H groups in total. The van der Waals surface area contributed by atoms with Gasteiger partial charge < -0.3 is 15.8 Å². The fraction of sp³-hybridized carbons (Fsp3) is 0.667. The van der Waals surface area contributed by atoms with E-state index >= 15 is 0 Å². The monoisotopic (exact) mass is 252 g/mol. The van der Waals surface area contributed by atoms with Gasteiger partial charge in [-0.2, -0.15) is 5.10 Å². The highest BCUT2D eigenvalue weighted by Gasteiger charge is 2.19. The predicted molar refractivity (Wildman–Crippen MR) is 68.3 cm³/mol. The first kappa shape index (κ1) is 12.9. The molecule has 6 heteroatoms. The molecule has 0 bridgehead atoms. The Bertz CT molecular complexity index is 410. The van der Waals surface area contributed by atoms with E-state index in [0.29, 0.717) is 23.8 Å². The molecule has 0 aliphatic carbocycles. The van der Waals surface area contributed by atoms with E-state index in [1.165, 1.54) is 0 Å². The summed E-state index contributed by atoms with van der Waals surface area (Å²) in [7, 11) is 0. The fourth-order valence-electron chi connectivity index (χ4n) is 2.12. The molecule has 6 nitrogen and oxygen atoms in total. The standard InChI is InChI=1S/C12H20N4O2/c1-2-9-10(13)11(16-15-9)12(17)14-6-8-4-3-5-18-7-8/h8H,2-7,13H2,1H3,(H,14,17)(H,15,16). The Kier molecular flexibility index (Phi) is 4.19. The summed E-state index contributed by atoms with van der Waals surface area (Å²) in [5.74, 6) is 0.183. The van der Waals surface area contributed by atoms with Crippen LogP contribution in [0.3, 0.4) is 0 Å². The zero-order chi connectivity index (χ0) is 13.0. The molecular weight excluding hydrogens is 232 g/mol. The Morgan fingerprint density at radius 3 is 3.11 bits per heavy atom. The summed E-state index contributed by atoms with van der Waals surface area (Å²) in [6.45, 7) is 4.13. The maximum atomic E-state index is 11.9. The lowest BCUT2D eigenvalue weighted by atomic mass is 10.0. The Morgan fingerprint density at radius 1 is 1.67 bits per heavy atom. The molecular formula is C12H20N4O2. The number of aromatic amines is 1. The van der Waals surface area contributed by atoms with Crippen molar-refractivity contribution in [3.63, 3.8) is 0 Å². The van der Waals surface area contributed by atoms with Crippen molar-refractivity contribution in [2.24, 2.45) is 5.92 Å². The zero-order valence-corrected chi connectivity index (χ0v) is 10.7. The van der Waals surface area contributed by atoms with E-state index in [0.717, 1.165) is 38.2 Å². The molecule has 1 unspecified atom stereocenters. The molecule has 1 amide bonds. The number of nitrogens with one attached hydrogen (secondary N) is 2. The molecule has 1 aliphatic rings. The molecule has 1 aromatic heterocycles. The van der Waals surface area contributed by atoms with E-state index in [4.69, 9.17) is 10.5 Å². The van der Waals surface area contributed by atoms with E-state index in [1.807, 2.05) is 6.92 Å². The molecule has 1 aromatic rings. The summed E-state index contributed by atoms with van der Waals surface area (Å²) in [6.07, 6.45) is 2.89. The van der Waals surface area contributed by atoms with Crippen LogP contribution >= 0.6 is 0 Å². The molecule has 18 heavy (non-hydrogen) atoms. The first-order valence-corrected chi connectivity index (χ1v) is 6.41. The lowest BCUT2D eigenvalue weighted by molar-refractivity contribution is 0.0536. The minimum atomic E-state index is -0.214. The zero-order valence-electron chi connectivity index (χ0n) is 10.7. The molecule has 1 aliphatic heterocycles. The lowest BCUT2D eigenvalue weighted by Gasteiger charge is -2.21. The number of rotatable bonds is 4. The average molecular weight is 252 g/mol. The topological polar surface area (TPSA) is 93.0 Å². The normalized spacial score (nSPS) is 19.7. The van der Waals surface area contributed by atoms with Crippen LogP contribution in [0, 0.1) is 5.92 Å².